The van der Waals surface area contributed by atoms with Crippen LogP contribution < -0.4 is 5.32 Å². The molecule has 0 amide bonds. The van der Waals surface area contributed by atoms with Crippen LogP contribution in [0.1, 0.15) is 39.5 Å². The van der Waals surface area contributed by atoms with Crippen LogP contribution in [0.25, 0.3) is 0 Å². The van der Waals surface area contributed by atoms with E-state index in [1.54, 1.807) is 0 Å². The summed E-state index contributed by atoms with van der Waals surface area (Å²) in [5.74, 6) is 0.523. The highest BCUT2D eigenvalue weighted by Gasteiger charge is 2.40. The van der Waals surface area contributed by atoms with E-state index in [9.17, 15) is 4.79 Å². The van der Waals surface area contributed by atoms with E-state index >= 15 is 0 Å². The smallest absolute Gasteiger partial charge is 0.307 e. The van der Waals surface area contributed by atoms with Gasteiger partial charge in [0.25, 0.3) is 0 Å². The summed E-state index contributed by atoms with van der Waals surface area (Å²) in [6, 6.07) is 0.188. The molecule has 0 aromatic rings. The Morgan fingerprint density at radius 3 is 2.94 bits per heavy atom. The second-order valence-corrected chi connectivity index (χ2v) is 5.19. The number of hydrogen-bond donors (Lipinski definition) is 1. The van der Waals surface area contributed by atoms with E-state index in [0.29, 0.717) is 31.2 Å². The van der Waals surface area contributed by atoms with E-state index in [1.807, 2.05) is 13.8 Å². The third-order valence-electron chi connectivity index (χ3n) is 3.74. The molecule has 0 saturated carbocycles. The first-order chi connectivity index (χ1) is 8.19. The van der Waals surface area contributed by atoms with Gasteiger partial charge in [0.2, 0.25) is 0 Å². The predicted molar refractivity (Wildman–Crippen MR) is 64.7 cm³/mol. The molecular weight excluding hydrogens is 218 g/mol. The van der Waals surface area contributed by atoms with Crippen LogP contribution in [0.3, 0.4) is 0 Å². The lowest BCUT2D eigenvalue weighted by molar-refractivity contribution is -0.143. The van der Waals surface area contributed by atoms with Gasteiger partial charge in [-0.1, -0.05) is 0 Å². The number of fused-ring (bicyclic) bond motifs is 2. The zero-order chi connectivity index (χ0) is 12.3. The first kappa shape index (κ1) is 12.8. The summed E-state index contributed by atoms with van der Waals surface area (Å²) in [7, 11) is 0. The zero-order valence-corrected chi connectivity index (χ0v) is 10.8. The van der Waals surface area contributed by atoms with E-state index in [1.165, 1.54) is 19.3 Å². The van der Waals surface area contributed by atoms with Crippen molar-refractivity contribution in [1.29, 1.82) is 0 Å². The van der Waals surface area contributed by atoms with E-state index in [2.05, 4.69) is 5.32 Å². The number of esters is 1. The second kappa shape index (κ2) is 5.83. The van der Waals surface area contributed by atoms with Crippen LogP contribution in [0, 0.1) is 5.92 Å². The van der Waals surface area contributed by atoms with Gasteiger partial charge in [-0.2, -0.15) is 0 Å². The van der Waals surface area contributed by atoms with Crippen molar-refractivity contribution in [2.24, 2.45) is 5.92 Å². The van der Waals surface area contributed by atoms with Gasteiger partial charge >= 0.3 is 5.97 Å². The summed E-state index contributed by atoms with van der Waals surface area (Å²) in [6.07, 6.45) is 5.05. The maximum absolute atomic E-state index is 11.3. The minimum absolute atomic E-state index is 0.114. The molecule has 2 aliphatic heterocycles. The van der Waals surface area contributed by atoms with Crippen molar-refractivity contribution in [3.05, 3.63) is 0 Å². The van der Waals surface area contributed by atoms with Crippen molar-refractivity contribution in [1.82, 2.24) is 5.32 Å². The molecule has 0 spiro atoms. The lowest BCUT2D eigenvalue weighted by Gasteiger charge is -2.21. The van der Waals surface area contributed by atoms with Gasteiger partial charge in [0.1, 0.15) is 0 Å². The Morgan fingerprint density at radius 1 is 1.53 bits per heavy atom. The average Bonchev–Trinajstić information content (AvgIpc) is 2.88. The van der Waals surface area contributed by atoms with Crippen molar-refractivity contribution < 1.29 is 14.3 Å². The van der Waals surface area contributed by atoms with Gasteiger partial charge in [0.15, 0.2) is 0 Å². The highest BCUT2D eigenvalue weighted by molar-refractivity contribution is 5.69. The second-order valence-electron chi connectivity index (χ2n) is 5.19. The summed E-state index contributed by atoms with van der Waals surface area (Å²) < 4.78 is 10.7. The molecule has 2 fully saturated rings. The van der Waals surface area contributed by atoms with Crippen LogP contribution >= 0.6 is 0 Å². The molecule has 98 valence electrons. The first-order valence-corrected chi connectivity index (χ1v) is 6.73. The van der Waals surface area contributed by atoms with Gasteiger partial charge in [-0.3, -0.25) is 4.79 Å². The highest BCUT2D eigenvalue weighted by Crippen LogP contribution is 2.38. The summed E-state index contributed by atoms with van der Waals surface area (Å²) in [5.41, 5.74) is 0. The summed E-state index contributed by atoms with van der Waals surface area (Å²) in [5, 5.41) is 3.42. The molecule has 2 rings (SSSR count). The largest absolute Gasteiger partial charge is 0.466 e. The molecule has 2 bridgehead atoms. The van der Waals surface area contributed by atoms with Crippen LogP contribution in [-0.4, -0.2) is 37.4 Å². The minimum Gasteiger partial charge on any atom is -0.466 e. The normalized spacial score (nSPS) is 32.7. The predicted octanol–water partition coefficient (Wildman–Crippen LogP) is 1.49. The summed E-state index contributed by atoms with van der Waals surface area (Å²) in [4.78, 5) is 11.3. The SMILES string of the molecule is CCOC(=O)CC(C)NCC1CC2CCC1O2. The fraction of sp³-hybridized carbons (Fsp3) is 0.923. The van der Waals surface area contributed by atoms with Crippen LogP contribution in [0.5, 0.6) is 0 Å². The Kier molecular flexibility index (Phi) is 4.40. The molecule has 4 heteroatoms. The first-order valence-electron chi connectivity index (χ1n) is 6.73. The number of ether oxygens (including phenoxy) is 2. The Labute approximate surface area is 103 Å². The molecule has 4 atom stereocenters. The van der Waals surface area contributed by atoms with Crippen molar-refractivity contribution in [3.63, 3.8) is 0 Å². The fourth-order valence-electron chi connectivity index (χ4n) is 2.85. The number of nitrogens with one attached hydrogen (secondary N) is 1. The lowest BCUT2D eigenvalue weighted by atomic mass is 9.89. The molecule has 2 heterocycles. The van der Waals surface area contributed by atoms with E-state index in [4.69, 9.17) is 9.47 Å². The van der Waals surface area contributed by atoms with Gasteiger partial charge < -0.3 is 14.8 Å². The molecule has 1 N–H and O–H groups in total. The van der Waals surface area contributed by atoms with Crippen LogP contribution in [0.2, 0.25) is 0 Å². The Balaban J connectivity index is 1.63. The molecular formula is C13H23NO3. The molecule has 4 nitrogen and oxygen atoms in total. The van der Waals surface area contributed by atoms with Crippen molar-refractivity contribution in [2.45, 2.75) is 57.8 Å². The Hall–Kier alpha value is -0.610. The Morgan fingerprint density at radius 2 is 2.35 bits per heavy atom. The van der Waals surface area contributed by atoms with E-state index in [-0.39, 0.29) is 12.0 Å². The highest BCUT2D eigenvalue weighted by atomic mass is 16.5. The molecule has 2 saturated heterocycles. The summed E-state index contributed by atoms with van der Waals surface area (Å²) in [6.45, 7) is 5.29. The summed E-state index contributed by atoms with van der Waals surface area (Å²) >= 11 is 0. The number of carbonyl (C=O) groups is 1. The third kappa shape index (κ3) is 3.42. The van der Waals surface area contributed by atoms with E-state index in [0.717, 1.165) is 6.54 Å². The Bertz CT molecular complexity index is 269. The van der Waals surface area contributed by atoms with E-state index < -0.39 is 0 Å². The number of hydrogen-bond acceptors (Lipinski definition) is 4. The van der Waals surface area contributed by atoms with Gasteiger partial charge in [-0.05, 0) is 33.1 Å². The van der Waals surface area contributed by atoms with Gasteiger partial charge in [-0.25, -0.2) is 0 Å². The molecule has 0 aromatic carbocycles. The topological polar surface area (TPSA) is 47.6 Å². The van der Waals surface area contributed by atoms with Crippen LogP contribution in [0.15, 0.2) is 0 Å². The quantitative estimate of drug-likeness (QED) is 0.716. The minimum atomic E-state index is -0.114. The van der Waals surface area contributed by atoms with Crippen molar-refractivity contribution >= 4 is 5.97 Å². The molecule has 0 aromatic heterocycles. The molecule has 0 radical (unpaired) electrons. The monoisotopic (exact) mass is 241 g/mol. The van der Waals surface area contributed by atoms with Crippen LogP contribution in [0.4, 0.5) is 0 Å². The zero-order valence-electron chi connectivity index (χ0n) is 10.8. The number of carbonyl (C=O) groups excluding carboxylic acids is 1. The van der Waals surface area contributed by atoms with Crippen LogP contribution in [-0.2, 0) is 14.3 Å². The van der Waals surface area contributed by atoms with Gasteiger partial charge in [-0.15, -0.1) is 0 Å². The maximum Gasteiger partial charge on any atom is 0.307 e. The molecule has 4 unspecified atom stereocenters. The van der Waals surface area contributed by atoms with Crippen molar-refractivity contribution in [3.8, 4) is 0 Å². The maximum atomic E-state index is 11.3. The standard InChI is InChI=1S/C13H23NO3/c1-3-16-13(15)6-9(2)14-8-10-7-11-4-5-12(10)17-11/h9-12,14H,3-8H2,1-2H3. The fourth-order valence-corrected chi connectivity index (χ4v) is 2.85. The lowest BCUT2D eigenvalue weighted by Crippen LogP contribution is -2.36. The van der Waals surface area contributed by atoms with Gasteiger partial charge in [0, 0.05) is 18.5 Å². The average molecular weight is 241 g/mol. The molecule has 2 aliphatic rings. The number of rotatable bonds is 6. The molecule has 0 aliphatic carbocycles. The van der Waals surface area contributed by atoms with Crippen molar-refractivity contribution in [2.75, 3.05) is 13.2 Å². The van der Waals surface area contributed by atoms with Gasteiger partial charge in [0.05, 0.1) is 25.2 Å². The third-order valence-corrected chi connectivity index (χ3v) is 3.74. The molecule has 17 heavy (non-hydrogen) atoms.